The van der Waals surface area contributed by atoms with Crippen molar-refractivity contribution < 1.29 is 9.59 Å². The third-order valence-electron chi connectivity index (χ3n) is 6.66. The second kappa shape index (κ2) is 6.58. The highest BCUT2D eigenvalue weighted by Gasteiger charge is 2.61. The van der Waals surface area contributed by atoms with Gasteiger partial charge >= 0.3 is 0 Å². The molecule has 1 spiro atoms. The maximum Gasteiger partial charge on any atom is 0.247 e. The molecule has 0 saturated carbocycles. The quantitative estimate of drug-likeness (QED) is 0.778. The zero-order chi connectivity index (χ0) is 21.9. The minimum absolute atomic E-state index is 0.0986. The Kier molecular flexibility index (Phi) is 4.06. The van der Waals surface area contributed by atoms with Crippen LogP contribution in [-0.4, -0.2) is 18.7 Å². The fourth-order valence-corrected chi connectivity index (χ4v) is 5.32. The number of carbonyl (C=O) groups is 2. The van der Waals surface area contributed by atoms with Gasteiger partial charge in [0.2, 0.25) is 5.91 Å². The summed E-state index contributed by atoms with van der Waals surface area (Å²) in [5.41, 5.74) is 9.55. The van der Waals surface area contributed by atoms with Crippen molar-refractivity contribution in [2.75, 3.05) is 16.8 Å². The van der Waals surface area contributed by atoms with Crippen molar-refractivity contribution in [3.05, 3.63) is 82.3 Å². The van der Waals surface area contributed by atoms with Crippen LogP contribution in [0.1, 0.15) is 30.4 Å². The van der Waals surface area contributed by atoms with Gasteiger partial charge in [0.05, 0.1) is 11.3 Å². The van der Waals surface area contributed by atoms with Crippen LogP contribution in [0.25, 0.3) is 0 Å². The largest absolute Gasteiger partial charge is 0.384 e. The zero-order valence-electron chi connectivity index (χ0n) is 17.5. The van der Waals surface area contributed by atoms with Gasteiger partial charge in [-0.1, -0.05) is 36.4 Å². The van der Waals surface area contributed by atoms with Crippen molar-refractivity contribution in [2.24, 2.45) is 5.73 Å². The van der Waals surface area contributed by atoms with Crippen molar-refractivity contribution in [3.8, 4) is 6.07 Å². The maximum atomic E-state index is 13.8. The number of hydrogen-bond acceptors (Lipinski definition) is 5. The Morgan fingerprint density at radius 2 is 1.71 bits per heavy atom. The highest BCUT2D eigenvalue weighted by atomic mass is 16.2. The molecule has 0 aromatic heterocycles. The lowest BCUT2D eigenvalue weighted by Gasteiger charge is -2.44. The van der Waals surface area contributed by atoms with Crippen molar-refractivity contribution in [2.45, 2.75) is 31.6 Å². The molecule has 2 N–H and O–H groups in total. The molecule has 1 amide bonds. The van der Waals surface area contributed by atoms with E-state index in [4.69, 9.17) is 5.73 Å². The Balaban J connectivity index is 1.92. The molecule has 1 aliphatic carbocycles. The first-order chi connectivity index (χ1) is 14.9. The van der Waals surface area contributed by atoms with Gasteiger partial charge in [0.15, 0.2) is 5.78 Å². The van der Waals surface area contributed by atoms with Crippen LogP contribution in [0.5, 0.6) is 0 Å². The number of benzene rings is 2. The van der Waals surface area contributed by atoms with E-state index in [9.17, 15) is 14.9 Å². The van der Waals surface area contributed by atoms with E-state index in [1.165, 1.54) is 4.90 Å². The fourth-order valence-electron chi connectivity index (χ4n) is 5.32. The number of amides is 1. The molecule has 2 aliphatic heterocycles. The zero-order valence-corrected chi connectivity index (χ0v) is 17.5. The Labute approximate surface area is 180 Å². The number of para-hydroxylation sites is 2. The number of aryl methyl sites for hydroxylation is 1. The van der Waals surface area contributed by atoms with Crippen molar-refractivity contribution >= 4 is 23.1 Å². The topological polar surface area (TPSA) is 90.4 Å². The second-order valence-corrected chi connectivity index (χ2v) is 8.22. The van der Waals surface area contributed by atoms with Crippen LogP contribution in [0.2, 0.25) is 0 Å². The van der Waals surface area contributed by atoms with E-state index < -0.39 is 5.41 Å². The van der Waals surface area contributed by atoms with Gasteiger partial charge in [-0.3, -0.25) is 14.5 Å². The van der Waals surface area contributed by atoms with Gasteiger partial charge in [-0.15, -0.1) is 0 Å². The summed E-state index contributed by atoms with van der Waals surface area (Å²) in [7, 11) is 1.68. The van der Waals surface area contributed by atoms with Crippen LogP contribution in [0.4, 0.5) is 11.4 Å². The first-order valence-electron chi connectivity index (χ1n) is 10.3. The Bertz CT molecular complexity index is 1270. The van der Waals surface area contributed by atoms with Crippen molar-refractivity contribution in [3.63, 3.8) is 0 Å². The molecule has 0 radical (unpaired) electrons. The predicted molar refractivity (Wildman–Crippen MR) is 118 cm³/mol. The first-order valence-corrected chi connectivity index (χ1v) is 10.3. The third kappa shape index (κ3) is 2.26. The summed E-state index contributed by atoms with van der Waals surface area (Å²) < 4.78 is 0. The van der Waals surface area contributed by atoms with E-state index in [1.54, 1.807) is 7.05 Å². The molecule has 0 saturated heterocycles. The molecule has 2 aromatic rings. The average Bonchev–Trinajstić information content (AvgIpc) is 2.98. The number of nitriles is 1. The molecule has 2 aromatic carbocycles. The Hall–Kier alpha value is -3.85. The van der Waals surface area contributed by atoms with Gasteiger partial charge in [0, 0.05) is 36.0 Å². The summed E-state index contributed by atoms with van der Waals surface area (Å²) in [4.78, 5) is 30.7. The van der Waals surface area contributed by atoms with Crippen LogP contribution in [0, 0.1) is 18.3 Å². The molecule has 6 nitrogen and oxygen atoms in total. The molecular weight excluding hydrogens is 388 g/mol. The van der Waals surface area contributed by atoms with E-state index in [0.717, 1.165) is 16.9 Å². The minimum Gasteiger partial charge on any atom is -0.384 e. The van der Waals surface area contributed by atoms with Crippen LogP contribution in [0.15, 0.2) is 71.2 Å². The van der Waals surface area contributed by atoms with E-state index in [2.05, 4.69) is 6.07 Å². The number of allylic oxidation sites excluding steroid dienone is 1. The van der Waals surface area contributed by atoms with Crippen molar-refractivity contribution in [1.29, 1.82) is 5.26 Å². The standard InChI is InChI=1S/C25H22N4O2/c1-15-8-3-5-10-18(15)29-20-12-7-13-21(30)22(20)25(17(14-26)23(29)27)16-9-4-6-11-19(16)28(2)24(25)31/h3-6,8-11H,7,12-13,27H2,1-2H3/t25-/m1/s1. The molecule has 0 unspecified atom stereocenters. The normalized spacial score (nSPS) is 22.7. The Morgan fingerprint density at radius 1 is 1.03 bits per heavy atom. The molecule has 2 heterocycles. The summed E-state index contributed by atoms with van der Waals surface area (Å²) in [5.74, 6) is -0.192. The average molecular weight is 410 g/mol. The van der Waals surface area contributed by atoms with E-state index in [1.807, 2.05) is 60.4 Å². The molecule has 1 atom stereocenters. The first kappa shape index (κ1) is 19.1. The number of hydrogen-bond donors (Lipinski definition) is 1. The van der Waals surface area contributed by atoms with E-state index in [0.29, 0.717) is 36.1 Å². The SMILES string of the molecule is Cc1ccccc1N1C(N)=C(C#N)[C@@]2(C(=O)N(C)c3ccccc32)C2=C1CCCC2=O. The van der Waals surface area contributed by atoms with Gasteiger partial charge in [-0.2, -0.15) is 5.26 Å². The molecular formula is C25H22N4O2. The molecule has 0 bridgehead atoms. The number of nitrogens with zero attached hydrogens (tertiary/aromatic N) is 3. The molecule has 31 heavy (non-hydrogen) atoms. The minimum atomic E-state index is -1.49. The summed E-state index contributed by atoms with van der Waals surface area (Å²) in [6.45, 7) is 1.97. The smallest absolute Gasteiger partial charge is 0.247 e. The lowest BCUT2D eigenvalue weighted by molar-refractivity contribution is -0.124. The maximum absolute atomic E-state index is 13.8. The van der Waals surface area contributed by atoms with Gasteiger partial charge in [-0.25, -0.2) is 0 Å². The fraction of sp³-hybridized carbons (Fsp3) is 0.240. The van der Waals surface area contributed by atoms with Crippen LogP contribution in [0.3, 0.4) is 0 Å². The number of ketones is 1. The molecule has 3 aliphatic rings. The van der Waals surface area contributed by atoms with E-state index >= 15 is 0 Å². The van der Waals surface area contributed by atoms with Gasteiger partial charge < -0.3 is 10.6 Å². The van der Waals surface area contributed by atoms with Crippen LogP contribution >= 0.6 is 0 Å². The lowest BCUT2D eigenvalue weighted by Crippen LogP contribution is -2.52. The third-order valence-corrected chi connectivity index (χ3v) is 6.66. The molecule has 5 rings (SSSR count). The van der Waals surface area contributed by atoms with Crippen molar-refractivity contribution in [1.82, 2.24) is 0 Å². The monoisotopic (exact) mass is 410 g/mol. The summed E-state index contributed by atoms with van der Waals surface area (Å²) in [5, 5.41) is 10.3. The summed E-state index contributed by atoms with van der Waals surface area (Å²) in [6, 6.07) is 17.3. The van der Waals surface area contributed by atoms with Gasteiger partial charge in [0.1, 0.15) is 17.3 Å². The van der Waals surface area contributed by atoms with Crippen LogP contribution < -0.4 is 15.5 Å². The number of fused-ring (bicyclic) bond motifs is 3. The number of likely N-dealkylation sites (N-methyl/N-ethyl adjacent to an activating group) is 1. The number of rotatable bonds is 1. The van der Waals surface area contributed by atoms with Gasteiger partial charge in [-0.05, 0) is 37.5 Å². The van der Waals surface area contributed by atoms with E-state index in [-0.39, 0.29) is 23.1 Å². The summed E-state index contributed by atoms with van der Waals surface area (Å²) in [6.07, 6.45) is 1.63. The highest BCUT2D eigenvalue weighted by molar-refractivity contribution is 6.20. The van der Waals surface area contributed by atoms with Crippen LogP contribution in [-0.2, 0) is 15.0 Å². The number of Topliss-reactive ketones (excluding diaryl/α,β-unsaturated/α-hetero) is 1. The Morgan fingerprint density at radius 3 is 2.42 bits per heavy atom. The summed E-state index contributed by atoms with van der Waals surface area (Å²) >= 11 is 0. The number of nitrogens with two attached hydrogens (primary N) is 1. The highest BCUT2D eigenvalue weighted by Crippen LogP contribution is 2.56. The second-order valence-electron chi connectivity index (χ2n) is 8.22. The molecule has 6 heteroatoms. The number of carbonyl (C=O) groups excluding carboxylic acids is 2. The molecule has 0 fully saturated rings. The number of anilines is 2. The lowest BCUT2D eigenvalue weighted by atomic mass is 9.63. The predicted octanol–water partition coefficient (Wildman–Crippen LogP) is 3.43. The van der Waals surface area contributed by atoms with Gasteiger partial charge in [0.25, 0.3) is 0 Å². The molecule has 154 valence electrons.